The molecule has 2 aromatic carbocycles. The van der Waals surface area contributed by atoms with Crippen LogP contribution in [0.25, 0.3) is 0 Å². The first kappa shape index (κ1) is 17.3. The number of anilines is 1. The molecule has 4 heteroatoms. The third-order valence-corrected chi connectivity index (χ3v) is 4.71. The van der Waals surface area contributed by atoms with Crippen LogP contribution >= 0.6 is 0 Å². The van der Waals surface area contributed by atoms with Gasteiger partial charge in [-0.15, -0.1) is 0 Å². The molecule has 0 atom stereocenters. The second-order valence-electron chi connectivity index (χ2n) is 6.82. The van der Waals surface area contributed by atoms with Gasteiger partial charge < -0.3 is 15.0 Å². The summed E-state index contributed by atoms with van der Waals surface area (Å²) in [7, 11) is 1.63. The van der Waals surface area contributed by atoms with E-state index in [1.807, 2.05) is 29.2 Å². The number of benzene rings is 2. The topological polar surface area (TPSA) is 41.6 Å². The number of hydrogen-bond acceptors (Lipinski definition) is 3. The van der Waals surface area contributed by atoms with E-state index in [4.69, 9.17) is 4.74 Å². The molecule has 0 radical (unpaired) electrons. The second kappa shape index (κ2) is 7.60. The van der Waals surface area contributed by atoms with E-state index < -0.39 is 0 Å². The summed E-state index contributed by atoms with van der Waals surface area (Å²) >= 11 is 0. The number of aryl methyl sites for hydroxylation is 2. The van der Waals surface area contributed by atoms with Crippen LogP contribution in [-0.4, -0.2) is 37.0 Å². The maximum Gasteiger partial charge on any atom is 0.253 e. The van der Waals surface area contributed by atoms with Gasteiger partial charge in [0.15, 0.2) is 0 Å². The Morgan fingerprint density at radius 2 is 1.64 bits per heavy atom. The first-order valence-corrected chi connectivity index (χ1v) is 8.83. The highest BCUT2D eigenvalue weighted by Crippen LogP contribution is 2.21. The predicted octanol–water partition coefficient (Wildman–Crippen LogP) is 4.03. The Kier molecular flexibility index (Phi) is 5.27. The zero-order chi connectivity index (χ0) is 17.8. The van der Waals surface area contributed by atoms with Crippen LogP contribution in [-0.2, 0) is 0 Å². The zero-order valence-corrected chi connectivity index (χ0v) is 15.2. The number of ether oxygens (including phenoxy) is 1. The summed E-state index contributed by atoms with van der Waals surface area (Å²) in [6.07, 6.45) is 1.93. The first-order chi connectivity index (χ1) is 12.0. The summed E-state index contributed by atoms with van der Waals surface area (Å²) in [4.78, 5) is 14.6. The molecular formula is C21H26N2O2. The summed E-state index contributed by atoms with van der Waals surface area (Å²) < 4.78 is 5.15. The Hall–Kier alpha value is -2.49. The third kappa shape index (κ3) is 4.32. The maximum absolute atomic E-state index is 12.6. The van der Waals surface area contributed by atoms with E-state index in [1.54, 1.807) is 7.11 Å². The molecule has 0 spiro atoms. The Morgan fingerprint density at radius 3 is 2.20 bits per heavy atom. The minimum Gasteiger partial charge on any atom is -0.497 e. The van der Waals surface area contributed by atoms with Crippen molar-refractivity contribution >= 4 is 11.6 Å². The molecule has 1 heterocycles. The van der Waals surface area contributed by atoms with E-state index in [1.165, 1.54) is 16.8 Å². The minimum atomic E-state index is 0.104. The van der Waals surface area contributed by atoms with Crippen LogP contribution in [0.1, 0.15) is 34.3 Å². The molecular weight excluding hydrogens is 312 g/mol. The molecule has 1 amide bonds. The highest BCUT2D eigenvalue weighted by atomic mass is 16.5. The number of carbonyl (C=O) groups excluding carboxylic acids is 1. The SMILES string of the molecule is COc1ccc(C(=O)N2CCC(Nc3cc(C)cc(C)c3)CC2)cc1. The fraction of sp³-hybridized carbons (Fsp3) is 0.381. The fourth-order valence-electron chi connectivity index (χ4n) is 3.44. The van der Waals surface area contributed by atoms with Crippen molar-refractivity contribution in [3.05, 3.63) is 59.2 Å². The largest absolute Gasteiger partial charge is 0.497 e. The van der Waals surface area contributed by atoms with Crippen LogP contribution in [0.5, 0.6) is 5.75 Å². The van der Waals surface area contributed by atoms with Crippen molar-refractivity contribution in [1.82, 2.24) is 4.90 Å². The van der Waals surface area contributed by atoms with E-state index in [0.29, 0.717) is 6.04 Å². The van der Waals surface area contributed by atoms with Crippen molar-refractivity contribution in [3.63, 3.8) is 0 Å². The van der Waals surface area contributed by atoms with E-state index >= 15 is 0 Å². The smallest absolute Gasteiger partial charge is 0.253 e. The number of carbonyl (C=O) groups is 1. The molecule has 1 N–H and O–H groups in total. The summed E-state index contributed by atoms with van der Waals surface area (Å²) in [5, 5.41) is 3.62. The van der Waals surface area contributed by atoms with E-state index in [2.05, 4.69) is 37.4 Å². The number of methoxy groups -OCH3 is 1. The number of amides is 1. The highest BCUT2D eigenvalue weighted by Gasteiger charge is 2.23. The molecule has 1 saturated heterocycles. The molecule has 1 fully saturated rings. The Balaban J connectivity index is 1.56. The Bertz CT molecular complexity index is 712. The molecule has 0 aliphatic carbocycles. The highest BCUT2D eigenvalue weighted by molar-refractivity contribution is 5.94. The van der Waals surface area contributed by atoms with Crippen LogP contribution in [0.15, 0.2) is 42.5 Å². The lowest BCUT2D eigenvalue weighted by Crippen LogP contribution is -2.42. The van der Waals surface area contributed by atoms with Crippen LogP contribution in [0.2, 0.25) is 0 Å². The van der Waals surface area contributed by atoms with Gasteiger partial charge in [-0.25, -0.2) is 0 Å². The predicted molar refractivity (Wildman–Crippen MR) is 101 cm³/mol. The quantitative estimate of drug-likeness (QED) is 0.915. The molecule has 0 aromatic heterocycles. The van der Waals surface area contributed by atoms with Crippen molar-refractivity contribution in [2.45, 2.75) is 32.7 Å². The third-order valence-electron chi connectivity index (χ3n) is 4.71. The van der Waals surface area contributed by atoms with Crippen molar-refractivity contribution < 1.29 is 9.53 Å². The number of likely N-dealkylation sites (tertiary alicyclic amines) is 1. The molecule has 1 aliphatic heterocycles. The van der Waals surface area contributed by atoms with Gasteiger partial charge in [0.25, 0.3) is 5.91 Å². The number of nitrogens with one attached hydrogen (secondary N) is 1. The monoisotopic (exact) mass is 338 g/mol. The summed E-state index contributed by atoms with van der Waals surface area (Å²) in [5.74, 6) is 0.875. The van der Waals surface area contributed by atoms with Gasteiger partial charge in [0, 0.05) is 30.4 Å². The minimum absolute atomic E-state index is 0.104. The van der Waals surface area contributed by atoms with Gasteiger partial charge in [-0.05, 0) is 74.2 Å². The average molecular weight is 338 g/mol. The molecule has 0 unspecified atom stereocenters. The molecule has 3 rings (SSSR count). The van der Waals surface area contributed by atoms with E-state index in [9.17, 15) is 4.79 Å². The van der Waals surface area contributed by atoms with Crippen LogP contribution in [0.3, 0.4) is 0 Å². The number of rotatable bonds is 4. The maximum atomic E-state index is 12.6. The zero-order valence-electron chi connectivity index (χ0n) is 15.2. The number of piperidine rings is 1. The molecule has 0 saturated carbocycles. The van der Waals surface area contributed by atoms with Gasteiger partial charge in [0.05, 0.1) is 7.11 Å². The molecule has 25 heavy (non-hydrogen) atoms. The van der Waals surface area contributed by atoms with Crippen molar-refractivity contribution in [1.29, 1.82) is 0 Å². The van der Waals surface area contributed by atoms with E-state index in [-0.39, 0.29) is 5.91 Å². The van der Waals surface area contributed by atoms with Gasteiger partial charge in [-0.1, -0.05) is 6.07 Å². The second-order valence-corrected chi connectivity index (χ2v) is 6.82. The lowest BCUT2D eigenvalue weighted by Gasteiger charge is -2.33. The normalized spacial score (nSPS) is 15.1. The van der Waals surface area contributed by atoms with Gasteiger partial charge in [-0.2, -0.15) is 0 Å². The Labute approximate surface area is 149 Å². The van der Waals surface area contributed by atoms with Gasteiger partial charge in [-0.3, -0.25) is 4.79 Å². The molecule has 4 nitrogen and oxygen atoms in total. The lowest BCUT2D eigenvalue weighted by molar-refractivity contribution is 0.0718. The van der Waals surface area contributed by atoms with E-state index in [0.717, 1.165) is 37.2 Å². The van der Waals surface area contributed by atoms with Crippen molar-refractivity contribution in [2.75, 3.05) is 25.5 Å². The number of hydrogen-bond donors (Lipinski definition) is 1. The van der Waals surface area contributed by atoms with Crippen LogP contribution < -0.4 is 10.1 Å². The molecule has 1 aliphatic rings. The standard InChI is InChI=1S/C21H26N2O2/c1-15-12-16(2)14-19(13-15)22-18-8-10-23(11-9-18)21(24)17-4-6-20(25-3)7-5-17/h4-7,12-14,18,22H,8-11H2,1-3H3. The van der Waals surface area contributed by atoms with Crippen LogP contribution in [0.4, 0.5) is 5.69 Å². The molecule has 132 valence electrons. The number of nitrogens with zero attached hydrogens (tertiary/aromatic N) is 1. The fourth-order valence-corrected chi connectivity index (χ4v) is 3.44. The average Bonchev–Trinajstić information content (AvgIpc) is 2.61. The summed E-state index contributed by atoms with van der Waals surface area (Å²) in [6, 6.07) is 14.3. The first-order valence-electron chi connectivity index (χ1n) is 8.83. The van der Waals surface area contributed by atoms with Gasteiger partial charge in [0.1, 0.15) is 5.75 Å². The van der Waals surface area contributed by atoms with Gasteiger partial charge in [0.2, 0.25) is 0 Å². The molecule has 2 aromatic rings. The summed E-state index contributed by atoms with van der Waals surface area (Å²) in [5.41, 5.74) is 4.45. The van der Waals surface area contributed by atoms with Crippen molar-refractivity contribution in [2.24, 2.45) is 0 Å². The summed E-state index contributed by atoms with van der Waals surface area (Å²) in [6.45, 7) is 5.81. The van der Waals surface area contributed by atoms with Gasteiger partial charge >= 0.3 is 0 Å². The van der Waals surface area contributed by atoms with Crippen molar-refractivity contribution in [3.8, 4) is 5.75 Å². The lowest BCUT2D eigenvalue weighted by atomic mass is 10.0. The van der Waals surface area contributed by atoms with Crippen LogP contribution in [0, 0.1) is 13.8 Å². The molecule has 0 bridgehead atoms. The Morgan fingerprint density at radius 1 is 1.04 bits per heavy atom.